The first-order chi connectivity index (χ1) is 18.7. The van der Waals surface area contributed by atoms with Crippen molar-refractivity contribution in [3.63, 3.8) is 0 Å². The number of aromatic amines is 1. The van der Waals surface area contributed by atoms with Crippen molar-refractivity contribution in [2.45, 2.75) is 13.0 Å². The molecule has 2 aromatic heterocycles. The zero-order chi connectivity index (χ0) is 28.5. The number of aliphatic carboxylic acids is 1. The molecule has 2 aromatic carbocycles. The molecule has 0 aliphatic heterocycles. The molecule has 14 heteroatoms. The fourth-order valence-corrected chi connectivity index (χ4v) is 3.50. The summed E-state index contributed by atoms with van der Waals surface area (Å²) in [5, 5.41) is 22.8. The fraction of sp³-hybridized carbons (Fsp3) is 0.200. The number of H-pyrrole nitrogens is 1. The van der Waals surface area contributed by atoms with Gasteiger partial charge in [-0.2, -0.15) is 0 Å². The van der Waals surface area contributed by atoms with E-state index in [0.717, 1.165) is 11.6 Å². The summed E-state index contributed by atoms with van der Waals surface area (Å²) < 4.78 is 17.5. The Balaban J connectivity index is 0.000000983. The number of methoxy groups -OCH3 is 3. The second-order valence-electron chi connectivity index (χ2n) is 7.82. The Morgan fingerprint density at radius 2 is 1.64 bits per heavy atom. The van der Waals surface area contributed by atoms with Crippen LogP contribution >= 0.6 is 0 Å². The summed E-state index contributed by atoms with van der Waals surface area (Å²) in [4.78, 5) is 32.7. The van der Waals surface area contributed by atoms with Crippen LogP contribution in [-0.4, -0.2) is 63.0 Å². The van der Waals surface area contributed by atoms with Crippen molar-refractivity contribution in [1.29, 1.82) is 5.41 Å². The number of anilines is 1. The zero-order valence-corrected chi connectivity index (χ0v) is 21.6. The maximum absolute atomic E-state index is 12.7. The normalized spacial score (nSPS) is 11.0. The standard InChI is InChI=1S/C23H24N8O4.C2H4O2/c1-33-16-11-14(12-17(34-2)19(16)35-3)18(28-15-7-5-13(6-8-15)20(24)25)21-29-23(32)31(30-21)22-26-9-4-10-27-22;1-2(3)4/h4-12,18,28H,1-3H3,(H3,24,25)(H,29,30,32);1H3,(H,3,4). The molecule has 0 saturated carbocycles. The van der Waals surface area contributed by atoms with Crippen LogP contribution in [0, 0.1) is 5.41 Å². The van der Waals surface area contributed by atoms with E-state index in [9.17, 15) is 4.79 Å². The molecule has 204 valence electrons. The van der Waals surface area contributed by atoms with E-state index in [1.165, 1.54) is 33.7 Å². The van der Waals surface area contributed by atoms with E-state index in [2.05, 4.69) is 25.4 Å². The Morgan fingerprint density at radius 3 is 2.13 bits per heavy atom. The molecule has 14 nitrogen and oxygen atoms in total. The molecule has 6 N–H and O–H groups in total. The topological polar surface area (TPSA) is 203 Å². The van der Waals surface area contributed by atoms with Crippen LogP contribution in [0.25, 0.3) is 5.95 Å². The number of ether oxygens (including phenoxy) is 3. The minimum absolute atomic E-state index is 0.0383. The van der Waals surface area contributed by atoms with E-state index in [4.69, 9.17) is 35.3 Å². The molecule has 1 unspecified atom stereocenters. The third kappa shape index (κ3) is 6.88. The van der Waals surface area contributed by atoms with Crippen molar-refractivity contribution >= 4 is 17.5 Å². The third-order valence-electron chi connectivity index (χ3n) is 5.18. The monoisotopic (exact) mass is 536 g/mol. The van der Waals surface area contributed by atoms with Crippen molar-refractivity contribution in [1.82, 2.24) is 24.7 Å². The third-order valence-corrected chi connectivity index (χ3v) is 5.18. The minimum atomic E-state index is -0.833. The van der Waals surface area contributed by atoms with E-state index in [1.54, 1.807) is 42.5 Å². The van der Waals surface area contributed by atoms with Crippen LogP contribution in [0.3, 0.4) is 0 Å². The lowest BCUT2D eigenvalue weighted by Gasteiger charge is -2.21. The first-order valence-corrected chi connectivity index (χ1v) is 11.4. The van der Waals surface area contributed by atoms with Gasteiger partial charge in [0.05, 0.1) is 21.3 Å². The van der Waals surface area contributed by atoms with E-state index in [-0.39, 0.29) is 11.8 Å². The van der Waals surface area contributed by atoms with Crippen molar-refractivity contribution in [2.24, 2.45) is 5.73 Å². The van der Waals surface area contributed by atoms with Gasteiger partial charge in [-0.3, -0.25) is 15.2 Å². The van der Waals surface area contributed by atoms with Gasteiger partial charge in [-0.05, 0) is 48.0 Å². The molecular weight excluding hydrogens is 508 g/mol. The fourth-order valence-electron chi connectivity index (χ4n) is 3.50. The van der Waals surface area contributed by atoms with Gasteiger partial charge >= 0.3 is 5.69 Å². The summed E-state index contributed by atoms with van der Waals surface area (Å²) in [5.74, 6) is 0.869. The Bertz CT molecular complexity index is 1460. The zero-order valence-electron chi connectivity index (χ0n) is 21.6. The second-order valence-corrected chi connectivity index (χ2v) is 7.82. The first kappa shape index (κ1) is 28.2. The van der Waals surface area contributed by atoms with Crippen LogP contribution in [0.5, 0.6) is 17.2 Å². The number of nitrogens with one attached hydrogen (secondary N) is 3. The van der Waals surface area contributed by atoms with Gasteiger partial charge in [0.2, 0.25) is 5.75 Å². The number of nitrogens with zero attached hydrogens (tertiary/aromatic N) is 4. The summed E-state index contributed by atoms with van der Waals surface area (Å²) in [5.41, 5.74) is 7.02. The van der Waals surface area contributed by atoms with Crippen LogP contribution in [-0.2, 0) is 4.79 Å². The predicted molar refractivity (Wildman–Crippen MR) is 142 cm³/mol. The van der Waals surface area contributed by atoms with Crippen LogP contribution in [0.2, 0.25) is 0 Å². The van der Waals surface area contributed by atoms with Crippen molar-refractivity contribution in [3.05, 3.63) is 82.3 Å². The van der Waals surface area contributed by atoms with Crippen LogP contribution in [0.15, 0.2) is 59.7 Å². The van der Waals surface area contributed by atoms with Crippen molar-refractivity contribution in [3.8, 4) is 23.2 Å². The minimum Gasteiger partial charge on any atom is -0.493 e. The molecule has 0 bridgehead atoms. The number of nitrogen functional groups attached to an aromatic ring is 1. The van der Waals surface area contributed by atoms with Crippen LogP contribution in [0.4, 0.5) is 5.69 Å². The Kier molecular flexibility index (Phi) is 9.19. The van der Waals surface area contributed by atoms with Gasteiger partial charge in [0.25, 0.3) is 11.9 Å². The molecule has 4 rings (SSSR count). The number of hydrogen-bond donors (Lipinski definition) is 5. The number of carboxylic acids is 1. The van der Waals surface area contributed by atoms with Gasteiger partial charge in [-0.15, -0.1) is 9.78 Å². The molecule has 0 spiro atoms. The van der Waals surface area contributed by atoms with Crippen LogP contribution < -0.4 is 31.0 Å². The lowest BCUT2D eigenvalue weighted by molar-refractivity contribution is -0.134. The van der Waals surface area contributed by atoms with Gasteiger partial charge in [-0.25, -0.2) is 14.8 Å². The number of carboxylic acid groups (broad SMARTS) is 1. The molecular formula is C25H28N8O6. The number of hydrogen-bond acceptors (Lipinski definition) is 10. The second kappa shape index (κ2) is 12.7. The number of amidine groups is 1. The Morgan fingerprint density at radius 1 is 1.08 bits per heavy atom. The van der Waals surface area contributed by atoms with Crippen LogP contribution in [0.1, 0.15) is 29.9 Å². The van der Waals surface area contributed by atoms with E-state index in [0.29, 0.717) is 39.9 Å². The molecule has 1 atom stereocenters. The summed E-state index contributed by atoms with van der Waals surface area (Å²) in [6.07, 6.45) is 3.04. The Labute approximate surface area is 222 Å². The molecule has 0 saturated heterocycles. The molecule has 0 amide bonds. The lowest BCUT2D eigenvalue weighted by atomic mass is 10.0. The highest BCUT2D eigenvalue weighted by molar-refractivity contribution is 5.95. The number of benzene rings is 2. The average molecular weight is 537 g/mol. The maximum Gasteiger partial charge on any atom is 0.350 e. The van der Waals surface area contributed by atoms with Gasteiger partial charge < -0.3 is 30.4 Å². The number of carbonyl (C=O) groups is 1. The van der Waals surface area contributed by atoms with Crippen molar-refractivity contribution in [2.75, 3.05) is 26.6 Å². The number of aromatic nitrogens is 5. The Hall–Kier alpha value is -5.40. The maximum atomic E-state index is 12.7. The molecule has 0 aliphatic rings. The summed E-state index contributed by atoms with van der Waals surface area (Å²) in [6, 6.07) is 11.5. The van der Waals surface area contributed by atoms with Gasteiger partial charge in [0, 0.05) is 30.6 Å². The summed E-state index contributed by atoms with van der Waals surface area (Å²) in [7, 11) is 4.56. The quantitative estimate of drug-likeness (QED) is 0.154. The van der Waals surface area contributed by atoms with Gasteiger partial charge in [0.15, 0.2) is 17.3 Å². The van der Waals surface area contributed by atoms with Crippen molar-refractivity contribution < 1.29 is 24.1 Å². The largest absolute Gasteiger partial charge is 0.493 e. The summed E-state index contributed by atoms with van der Waals surface area (Å²) >= 11 is 0. The van der Waals surface area contributed by atoms with Gasteiger partial charge in [0.1, 0.15) is 11.9 Å². The van der Waals surface area contributed by atoms with E-state index in [1.807, 2.05) is 0 Å². The average Bonchev–Trinajstić information content (AvgIpc) is 3.32. The predicted octanol–water partition coefficient (Wildman–Crippen LogP) is 1.95. The SMILES string of the molecule is CC(=O)O.COc1cc(C(Nc2ccc(C(=N)N)cc2)c2nn(-c3ncccn3)c(=O)[nH]2)cc(OC)c1OC. The molecule has 0 aliphatic carbocycles. The summed E-state index contributed by atoms with van der Waals surface area (Å²) in [6.45, 7) is 1.08. The molecule has 39 heavy (non-hydrogen) atoms. The van der Waals surface area contributed by atoms with E-state index >= 15 is 0 Å². The van der Waals surface area contributed by atoms with E-state index < -0.39 is 17.7 Å². The molecule has 4 aromatic rings. The van der Waals surface area contributed by atoms with Gasteiger partial charge in [-0.1, -0.05) is 0 Å². The number of rotatable bonds is 9. The smallest absolute Gasteiger partial charge is 0.350 e. The lowest BCUT2D eigenvalue weighted by Crippen LogP contribution is -2.18. The highest BCUT2D eigenvalue weighted by atomic mass is 16.5. The number of nitrogens with two attached hydrogens (primary N) is 1. The molecule has 0 radical (unpaired) electrons. The highest BCUT2D eigenvalue weighted by Gasteiger charge is 2.24. The molecule has 2 heterocycles. The highest BCUT2D eigenvalue weighted by Crippen LogP contribution is 2.41. The molecule has 0 fully saturated rings. The first-order valence-electron chi connectivity index (χ1n) is 11.4.